The number of rotatable bonds is 3. The summed E-state index contributed by atoms with van der Waals surface area (Å²) >= 11 is 0. The first kappa shape index (κ1) is 15.1. The number of ether oxygens (including phenoxy) is 1. The van der Waals surface area contributed by atoms with Crippen molar-refractivity contribution in [2.45, 2.75) is 57.6 Å². The standard InChI is InChI=1S/C12H22F2N2O2/c1-11(2,3)18-10(17)16-6-4-9-8-12(13,14)5-7-15-9/h9,15H,4-8H2,1-3H3,(H,16,17)/t9-/m1/s1. The maximum atomic E-state index is 13.1. The number of hydrogen-bond donors (Lipinski definition) is 2. The Balaban J connectivity index is 2.20. The molecule has 1 aliphatic heterocycles. The molecule has 0 radical (unpaired) electrons. The van der Waals surface area contributed by atoms with Gasteiger partial charge in [0, 0.05) is 32.0 Å². The Kier molecular flexibility index (Phi) is 4.90. The number of halogens is 2. The molecule has 0 aromatic carbocycles. The quantitative estimate of drug-likeness (QED) is 0.822. The van der Waals surface area contributed by atoms with E-state index in [1.807, 2.05) is 0 Å². The molecule has 106 valence electrons. The molecule has 0 aromatic heterocycles. The first-order valence-corrected chi connectivity index (χ1v) is 6.26. The highest BCUT2D eigenvalue weighted by molar-refractivity contribution is 5.67. The van der Waals surface area contributed by atoms with E-state index in [9.17, 15) is 13.6 Å². The van der Waals surface area contributed by atoms with Crippen LogP contribution in [0.15, 0.2) is 0 Å². The van der Waals surface area contributed by atoms with Crippen molar-refractivity contribution in [1.29, 1.82) is 0 Å². The molecule has 18 heavy (non-hydrogen) atoms. The molecule has 1 aliphatic rings. The molecule has 0 aliphatic carbocycles. The fourth-order valence-corrected chi connectivity index (χ4v) is 1.86. The van der Waals surface area contributed by atoms with Crippen molar-refractivity contribution in [2.75, 3.05) is 13.1 Å². The van der Waals surface area contributed by atoms with Gasteiger partial charge in [-0.05, 0) is 27.2 Å². The summed E-state index contributed by atoms with van der Waals surface area (Å²) < 4.78 is 31.3. The third-order valence-electron chi connectivity index (χ3n) is 2.63. The van der Waals surface area contributed by atoms with E-state index < -0.39 is 17.6 Å². The van der Waals surface area contributed by atoms with Crippen LogP contribution >= 0.6 is 0 Å². The van der Waals surface area contributed by atoms with Gasteiger partial charge in [-0.15, -0.1) is 0 Å². The van der Waals surface area contributed by atoms with Crippen LogP contribution in [0.3, 0.4) is 0 Å². The highest BCUT2D eigenvalue weighted by atomic mass is 19.3. The van der Waals surface area contributed by atoms with Crippen molar-refractivity contribution in [3.63, 3.8) is 0 Å². The molecule has 0 bridgehead atoms. The van der Waals surface area contributed by atoms with Gasteiger partial charge in [0.2, 0.25) is 0 Å². The van der Waals surface area contributed by atoms with Gasteiger partial charge in [0.25, 0.3) is 5.92 Å². The molecule has 6 heteroatoms. The Labute approximate surface area is 106 Å². The Morgan fingerprint density at radius 2 is 2.17 bits per heavy atom. The zero-order valence-corrected chi connectivity index (χ0v) is 11.2. The van der Waals surface area contributed by atoms with Gasteiger partial charge in [-0.1, -0.05) is 0 Å². The minimum Gasteiger partial charge on any atom is -0.444 e. The lowest BCUT2D eigenvalue weighted by atomic mass is 9.98. The van der Waals surface area contributed by atoms with Crippen molar-refractivity contribution in [3.8, 4) is 0 Å². The summed E-state index contributed by atoms with van der Waals surface area (Å²) in [5.41, 5.74) is -0.541. The summed E-state index contributed by atoms with van der Waals surface area (Å²) in [5, 5.41) is 5.59. The molecule has 4 nitrogen and oxygen atoms in total. The number of carbonyl (C=O) groups is 1. The molecule has 0 unspecified atom stereocenters. The summed E-state index contributed by atoms with van der Waals surface area (Å²) in [5.74, 6) is -2.58. The van der Waals surface area contributed by atoms with Gasteiger partial charge in [-0.25, -0.2) is 13.6 Å². The van der Waals surface area contributed by atoms with Crippen LogP contribution in [0.4, 0.5) is 13.6 Å². The Bertz CT molecular complexity index is 290. The van der Waals surface area contributed by atoms with Crippen molar-refractivity contribution in [1.82, 2.24) is 10.6 Å². The normalized spacial score (nSPS) is 23.5. The summed E-state index contributed by atoms with van der Waals surface area (Å²) in [6.07, 6.45) is -0.300. The van der Waals surface area contributed by atoms with Gasteiger partial charge in [0.15, 0.2) is 0 Å². The van der Waals surface area contributed by atoms with E-state index in [1.165, 1.54) is 0 Å². The highest BCUT2D eigenvalue weighted by Crippen LogP contribution is 2.28. The van der Waals surface area contributed by atoms with E-state index in [-0.39, 0.29) is 18.9 Å². The topological polar surface area (TPSA) is 50.4 Å². The number of alkyl carbamates (subject to hydrolysis) is 1. The molecule has 2 N–H and O–H groups in total. The zero-order chi connectivity index (χ0) is 13.8. The van der Waals surface area contributed by atoms with Crippen LogP contribution < -0.4 is 10.6 Å². The van der Waals surface area contributed by atoms with E-state index in [0.29, 0.717) is 19.5 Å². The van der Waals surface area contributed by atoms with Crippen molar-refractivity contribution < 1.29 is 18.3 Å². The second kappa shape index (κ2) is 5.82. The van der Waals surface area contributed by atoms with Gasteiger partial charge in [0.1, 0.15) is 5.60 Å². The Morgan fingerprint density at radius 1 is 1.50 bits per heavy atom. The van der Waals surface area contributed by atoms with E-state index in [2.05, 4.69) is 10.6 Å². The minimum absolute atomic E-state index is 0.108. The second-order valence-electron chi connectivity index (χ2n) is 5.68. The summed E-state index contributed by atoms with van der Waals surface area (Å²) in [4.78, 5) is 11.3. The lowest BCUT2D eigenvalue weighted by Crippen LogP contribution is -2.45. The van der Waals surface area contributed by atoms with Crippen LogP contribution in [0, 0.1) is 0 Å². The van der Waals surface area contributed by atoms with E-state index >= 15 is 0 Å². The third-order valence-corrected chi connectivity index (χ3v) is 2.63. The van der Waals surface area contributed by atoms with Crippen LogP contribution in [0.2, 0.25) is 0 Å². The van der Waals surface area contributed by atoms with Gasteiger partial charge < -0.3 is 15.4 Å². The first-order chi connectivity index (χ1) is 8.18. The molecule has 1 heterocycles. The molecule has 0 aromatic rings. The van der Waals surface area contributed by atoms with E-state index in [1.54, 1.807) is 20.8 Å². The van der Waals surface area contributed by atoms with Crippen molar-refractivity contribution in [2.24, 2.45) is 0 Å². The van der Waals surface area contributed by atoms with Crippen LogP contribution in [-0.2, 0) is 4.74 Å². The number of hydrogen-bond acceptors (Lipinski definition) is 3. The molecule has 1 atom stereocenters. The fraction of sp³-hybridized carbons (Fsp3) is 0.917. The third kappa shape index (κ3) is 6.14. The maximum absolute atomic E-state index is 13.1. The molecule has 1 amide bonds. The van der Waals surface area contributed by atoms with Gasteiger partial charge >= 0.3 is 6.09 Å². The smallest absolute Gasteiger partial charge is 0.407 e. The number of piperidine rings is 1. The highest BCUT2D eigenvalue weighted by Gasteiger charge is 2.35. The Morgan fingerprint density at radius 3 is 2.72 bits per heavy atom. The van der Waals surface area contributed by atoms with Crippen molar-refractivity contribution in [3.05, 3.63) is 0 Å². The average Bonchev–Trinajstić information content (AvgIpc) is 2.12. The number of alkyl halides is 2. The minimum atomic E-state index is -2.58. The molecular formula is C12H22F2N2O2. The molecule has 0 saturated carbocycles. The predicted octanol–water partition coefficient (Wildman–Crippen LogP) is 2.29. The molecule has 1 rings (SSSR count). The predicted molar refractivity (Wildman–Crippen MR) is 64.8 cm³/mol. The fourth-order valence-electron chi connectivity index (χ4n) is 1.86. The average molecular weight is 264 g/mol. The lowest BCUT2D eigenvalue weighted by molar-refractivity contribution is -0.0417. The first-order valence-electron chi connectivity index (χ1n) is 6.26. The summed E-state index contributed by atoms with van der Waals surface area (Å²) in [7, 11) is 0. The molecule has 1 saturated heterocycles. The van der Waals surface area contributed by atoms with Crippen LogP contribution in [0.5, 0.6) is 0 Å². The lowest BCUT2D eigenvalue weighted by Gasteiger charge is -2.30. The zero-order valence-electron chi connectivity index (χ0n) is 11.2. The van der Waals surface area contributed by atoms with E-state index in [0.717, 1.165) is 0 Å². The van der Waals surface area contributed by atoms with Crippen LogP contribution in [0.1, 0.15) is 40.0 Å². The summed E-state index contributed by atoms with van der Waals surface area (Å²) in [6.45, 7) is 5.98. The molecule has 0 spiro atoms. The SMILES string of the molecule is CC(C)(C)OC(=O)NCC[C@@H]1CC(F)(F)CCN1. The maximum Gasteiger partial charge on any atom is 0.407 e. The van der Waals surface area contributed by atoms with Gasteiger partial charge in [-0.2, -0.15) is 0 Å². The monoisotopic (exact) mass is 264 g/mol. The number of amides is 1. The summed E-state index contributed by atoms with van der Waals surface area (Å²) in [6, 6.07) is -0.247. The second-order valence-corrected chi connectivity index (χ2v) is 5.68. The van der Waals surface area contributed by atoms with Gasteiger partial charge in [-0.3, -0.25) is 0 Å². The van der Waals surface area contributed by atoms with Crippen LogP contribution in [0.25, 0.3) is 0 Å². The Hall–Kier alpha value is -0.910. The number of nitrogens with one attached hydrogen (secondary N) is 2. The van der Waals surface area contributed by atoms with E-state index in [4.69, 9.17) is 4.74 Å². The van der Waals surface area contributed by atoms with Crippen molar-refractivity contribution >= 4 is 6.09 Å². The largest absolute Gasteiger partial charge is 0.444 e. The van der Waals surface area contributed by atoms with Crippen LogP contribution in [-0.4, -0.2) is 36.7 Å². The molecule has 1 fully saturated rings. The van der Waals surface area contributed by atoms with Gasteiger partial charge in [0.05, 0.1) is 0 Å². The molecular weight excluding hydrogens is 242 g/mol. The number of carbonyl (C=O) groups excluding carboxylic acids is 1.